The maximum Gasteiger partial charge on any atom is 0.339 e. The summed E-state index contributed by atoms with van der Waals surface area (Å²) in [6, 6.07) is 7.63. The molecule has 1 heterocycles. The Bertz CT molecular complexity index is 986. The first-order valence-corrected chi connectivity index (χ1v) is 12.1. The first-order chi connectivity index (χ1) is 15.2. The minimum absolute atomic E-state index is 0.0151. The van der Waals surface area contributed by atoms with Crippen LogP contribution in [0.5, 0.6) is 0 Å². The van der Waals surface area contributed by atoms with Crippen molar-refractivity contribution in [1.29, 1.82) is 0 Å². The van der Waals surface area contributed by atoms with E-state index in [9.17, 15) is 15.0 Å². The summed E-state index contributed by atoms with van der Waals surface area (Å²) in [5.74, 6) is -0.157. The Morgan fingerprint density at radius 3 is 2.75 bits per heavy atom. The number of carbonyl (C=O) groups is 1. The molecule has 0 radical (unpaired) electrons. The predicted octanol–water partition coefficient (Wildman–Crippen LogP) is 4.47. The summed E-state index contributed by atoms with van der Waals surface area (Å²) >= 11 is 1.48. The topological polar surface area (TPSA) is 92.8 Å². The predicted molar refractivity (Wildman–Crippen MR) is 128 cm³/mol. The number of aliphatic hydroxyl groups is 2. The minimum atomic E-state index is -0.553. The quantitative estimate of drug-likeness (QED) is 0.263. The van der Waals surface area contributed by atoms with Crippen molar-refractivity contribution in [2.24, 2.45) is 22.7 Å². The molecule has 3 aliphatic rings. The van der Waals surface area contributed by atoms with Crippen LogP contribution < -0.4 is 5.73 Å². The molecule has 2 saturated carbocycles. The number of thioether (sulfide) groups is 1. The molecule has 2 fully saturated rings. The van der Waals surface area contributed by atoms with Gasteiger partial charge < -0.3 is 20.7 Å². The number of allylic oxidation sites excluding steroid dienone is 2. The summed E-state index contributed by atoms with van der Waals surface area (Å²) in [5.41, 5.74) is 7.84. The molecule has 1 aromatic rings. The maximum atomic E-state index is 12.5. The van der Waals surface area contributed by atoms with Crippen LogP contribution in [0.15, 0.2) is 63.9 Å². The number of fused-ring (bicyclic) bond motifs is 1. The first-order valence-electron chi connectivity index (χ1n) is 11.3. The van der Waals surface area contributed by atoms with Gasteiger partial charge in [-0.05, 0) is 55.2 Å². The van der Waals surface area contributed by atoms with E-state index in [1.165, 1.54) is 11.8 Å². The number of benzene rings is 1. The zero-order valence-corrected chi connectivity index (χ0v) is 19.7. The smallest absolute Gasteiger partial charge is 0.339 e. The summed E-state index contributed by atoms with van der Waals surface area (Å²) in [4.78, 5) is 14.2. The van der Waals surface area contributed by atoms with Gasteiger partial charge in [-0.2, -0.15) is 0 Å². The van der Waals surface area contributed by atoms with E-state index in [0.29, 0.717) is 17.7 Å². The van der Waals surface area contributed by atoms with Crippen LogP contribution in [-0.4, -0.2) is 35.5 Å². The summed E-state index contributed by atoms with van der Waals surface area (Å²) < 4.78 is 5.22. The second-order valence-electron chi connectivity index (χ2n) is 9.84. The molecule has 2 unspecified atom stereocenters. The number of nitrogen functional groups attached to an aromatic ring is 1. The van der Waals surface area contributed by atoms with E-state index in [0.717, 1.165) is 34.6 Å². The zero-order chi connectivity index (χ0) is 23.1. The molecule has 2 aliphatic carbocycles. The average Bonchev–Trinajstić information content (AvgIpc) is 3.20. The van der Waals surface area contributed by atoms with Crippen LogP contribution in [0.3, 0.4) is 0 Å². The van der Waals surface area contributed by atoms with E-state index in [2.05, 4.69) is 19.6 Å². The van der Waals surface area contributed by atoms with Gasteiger partial charge >= 0.3 is 5.97 Å². The standard InChI is InChI=1S/C26H33NO4S/c1-16-8-9-22-25(2,12-10-23(29)26(22,3)15-28)18(16)14-21(17-11-13-31-24(17)30)32-20-7-5-4-6-19(20)27/h4-7,11,14,18,22-23,28-29H,1,8-10,12-13,15,27H2,2-3H3/b21-14-/t18?,22?,23-,25+,26-/m0/s1. The summed E-state index contributed by atoms with van der Waals surface area (Å²) in [6.07, 6.45) is 6.68. The van der Waals surface area contributed by atoms with Crippen molar-refractivity contribution in [2.45, 2.75) is 50.5 Å². The summed E-state index contributed by atoms with van der Waals surface area (Å²) in [6.45, 7) is 8.90. The van der Waals surface area contributed by atoms with Crippen molar-refractivity contribution in [1.82, 2.24) is 0 Å². The molecular weight excluding hydrogens is 422 g/mol. The van der Waals surface area contributed by atoms with E-state index in [4.69, 9.17) is 10.5 Å². The highest BCUT2D eigenvalue weighted by molar-refractivity contribution is 8.03. The van der Waals surface area contributed by atoms with Crippen LogP contribution in [0.1, 0.15) is 39.5 Å². The second-order valence-corrected chi connectivity index (χ2v) is 10.9. The monoisotopic (exact) mass is 455 g/mol. The van der Waals surface area contributed by atoms with Gasteiger partial charge in [0.05, 0.1) is 18.3 Å². The molecule has 1 aromatic carbocycles. The van der Waals surface area contributed by atoms with Crippen LogP contribution in [0.4, 0.5) is 5.69 Å². The van der Waals surface area contributed by atoms with E-state index in [-0.39, 0.29) is 36.4 Å². The number of hydrogen-bond donors (Lipinski definition) is 3. The molecule has 172 valence electrons. The van der Waals surface area contributed by atoms with Gasteiger partial charge in [-0.1, -0.05) is 56.0 Å². The molecule has 4 rings (SSSR count). The number of aliphatic hydroxyl groups excluding tert-OH is 2. The molecular formula is C26H33NO4S. The molecule has 4 N–H and O–H groups in total. The normalized spacial score (nSPS) is 35.3. The molecule has 5 atom stereocenters. The molecule has 0 spiro atoms. The van der Waals surface area contributed by atoms with Gasteiger partial charge in [-0.15, -0.1) is 0 Å². The van der Waals surface area contributed by atoms with Gasteiger partial charge in [0.1, 0.15) is 6.61 Å². The fourth-order valence-corrected chi connectivity index (χ4v) is 7.08. The lowest BCUT2D eigenvalue weighted by atomic mass is 9.46. The highest BCUT2D eigenvalue weighted by Crippen LogP contribution is 2.61. The fourth-order valence-electron chi connectivity index (χ4n) is 6.03. The van der Waals surface area contributed by atoms with E-state index >= 15 is 0 Å². The van der Waals surface area contributed by atoms with Crippen molar-refractivity contribution >= 4 is 23.4 Å². The highest BCUT2D eigenvalue weighted by atomic mass is 32.2. The molecule has 32 heavy (non-hydrogen) atoms. The third-order valence-electron chi connectivity index (χ3n) is 8.00. The Morgan fingerprint density at radius 2 is 2.09 bits per heavy atom. The number of hydrogen-bond acceptors (Lipinski definition) is 6. The molecule has 0 bridgehead atoms. The van der Waals surface area contributed by atoms with Crippen LogP contribution in [0.25, 0.3) is 0 Å². The SMILES string of the molecule is C=C1CCC2[C@](C)(CC[C@H](O)[C@@]2(C)CO)C1/C=C(\Sc1ccccc1N)C1=CCOC1=O. The molecule has 1 aliphatic heterocycles. The molecule has 0 amide bonds. The second kappa shape index (κ2) is 8.73. The zero-order valence-electron chi connectivity index (χ0n) is 18.8. The summed E-state index contributed by atoms with van der Waals surface area (Å²) in [7, 11) is 0. The third kappa shape index (κ3) is 3.82. The van der Waals surface area contributed by atoms with Crippen molar-refractivity contribution in [3.05, 3.63) is 59.0 Å². The van der Waals surface area contributed by atoms with Gasteiger partial charge in [-0.3, -0.25) is 0 Å². The number of nitrogens with two attached hydrogens (primary N) is 1. The van der Waals surface area contributed by atoms with Gasteiger partial charge in [-0.25, -0.2) is 4.79 Å². The maximum absolute atomic E-state index is 12.5. The van der Waals surface area contributed by atoms with Crippen molar-refractivity contribution in [2.75, 3.05) is 18.9 Å². The number of esters is 1. The Labute approximate surface area is 194 Å². The van der Waals surface area contributed by atoms with E-state index < -0.39 is 11.5 Å². The van der Waals surface area contributed by atoms with E-state index in [1.807, 2.05) is 37.3 Å². The van der Waals surface area contributed by atoms with Crippen molar-refractivity contribution < 1.29 is 19.7 Å². The molecule has 5 nitrogen and oxygen atoms in total. The van der Waals surface area contributed by atoms with Gasteiger partial charge in [0.2, 0.25) is 0 Å². The van der Waals surface area contributed by atoms with Gasteiger partial charge in [0, 0.05) is 26.8 Å². The van der Waals surface area contributed by atoms with Crippen LogP contribution in [0.2, 0.25) is 0 Å². The average molecular weight is 456 g/mol. The number of rotatable bonds is 5. The molecule has 0 aromatic heterocycles. The van der Waals surface area contributed by atoms with Crippen molar-refractivity contribution in [3.63, 3.8) is 0 Å². The Morgan fingerprint density at radius 1 is 1.34 bits per heavy atom. The first kappa shape index (κ1) is 23.1. The number of cyclic esters (lactones) is 1. The largest absolute Gasteiger partial charge is 0.458 e. The summed E-state index contributed by atoms with van der Waals surface area (Å²) in [5, 5.41) is 21.0. The third-order valence-corrected chi connectivity index (χ3v) is 9.17. The Balaban J connectivity index is 1.78. The number of para-hydroxylation sites is 1. The number of anilines is 1. The lowest BCUT2D eigenvalue weighted by molar-refractivity contribution is -0.145. The lowest BCUT2D eigenvalue weighted by Crippen LogP contribution is -2.57. The van der Waals surface area contributed by atoms with Crippen LogP contribution in [0, 0.1) is 22.7 Å². The van der Waals surface area contributed by atoms with Crippen LogP contribution in [-0.2, 0) is 9.53 Å². The molecule has 0 saturated heterocycles. The fraction of sp³-hybridized carbons (Fsp3) is 0.500. The molecule has 6 heteroatoms. The van der Waals surface area contributed by atoms with Crippen molar-refractivity contribution in [3.8, 4) is 0 Å². The minimum Gasteiger partial charge on any atom is -0.458 e. The van der Waals surface area contributed by atoms with Gasteiger partial charge in [0.25, 0.3) is 0 Å². The number of ether oxygens (including phenoxy) is 1. The van der Waals surface area contributed by atoms with E-state index in [1.54, 1.807) is 0 Å². The van der Waals surface area contributed by atoms with Crippen LogP contribution >= 0.6 is 11.8 Å². The van der Waals surface area contributed by atoms with Gasteiger partial charge in [0.15, 0.2) is 0 Å². The highest BCUT2D eigenvalue weighted by Gasteiger charge is 2.57. The Kier molecular flexibility index (Phi) is 6.31. The number of carbonyl (C=O) groups excluding carboxylic acids is 1. The Hall–Kier alpha value is -2.02. The lowest BCUT2D eigenvalue weighted by Gasteiger charge is -2.59.